The smallest absolute Gasteiger partial charge is 0.296 e. The van der Waals surface area contributed by atoms with Crippen LogP contribution in [0.3, 0.4) is 0 Å². The number of likely N-dealkylation sites (tertiary alicyclic amines) is 1. The van der Waals surface area contributed by atoms with Crippen molar-refractivity contribution in [3.05, 3.63) is 0 Å². The topological polar surface area (TPSA) is 41.3 Å². The van der Waals surface area contributed by atoms with Gasteiger partial charge >= 0.3 is 6.18 Å². The lowest BCUT2D eigenvalue weighted by Crippen LogP contribution is -2.60. The zero-order chi connectivity index (χ0) is 14.6. The van der Waals surface area contributed by atoms with Crippen LogP contribution >= 0.6 is 0 Å². The number of rotatable bonds is 6. The zero-order valence-corrected chi connectivity index (χ0v) is 12.0. The molecular formula is C14H26F3N3. The van der Waals surface area contributed by atoms with E-state index in [0.717, 1.165) is 38.8 Å². The van der Waals surface area contributed by atoms with Crippen LogP contribution in [0.25, 0.3) is 0 Å². The summed E-state index contributed by atoms with van der Waals surface area (Å²) in [5.74, 6) is 5.70. The van der Waals surface area contributed by atoms with E-state index in [1.807, 2.05) is 0 Å². The third kappa shape index (κ3) is 3.65. The number of hydrazine groups is 1. The maximum Gasteiger partial charge on any atom is 0.389 e. The van der Waals surface area contributed by atoms with Gasteiger partial charge < -0.3 is 0 Å². The standard InChI is InChI=1S/C14H26F3N3/c15-14(16,17)9-5-6-12(19-18)13(7-1-2-8-13)20-10-3-4-11-20/h12,19H,1-11,18H2. The van der Waals surface area contributed by atoms with Gasteiger partial charge in [-0.25, -0.2) is 0 Å². The maximum absolute atomic E-state index is 12.3. The van der Waals surface area contributed by atoms with E-state index in [1.54, 1.807) is 0 Å². The molecule has 0 spiro atoms. The minimum Gasteiger partial charge on any atom is -0.296 e. The molecule has 1 heterocycles. The summed E-state index contributed by atoms with van der Waals surface area (Å²) < 4.78 is 37.0. The molecule has 1 unspecified atom stereocenters. The molecule has 0 aromatic rings. The fourth-order valence-electron chi connectivity index (χ4n) is 4.05. The second-order valence-corrected chi connectivity index (χ2v) is 6.23. The van der Waals surface area contributed by atoms with Gasteiger partial charge in [0.1, 0.15) is 0 Å². The van der Waals surface area contributed by atoms with Gasteiger partial charge in [0.05, 0.1) is 0 Å². The van der Waals surface area contributed by atoms with Crippen LogP contribution in [0.15, 0.2) is 0 Å². The summed E-state index contributed by atoms with van der Waals surface area (Å²) in [6, 6.07) is -0.0227. The lowest BCUT2D eigenvalue weighted by Gasteiger charge is -2.45. The number of nitrogens with one attached hydrogen (secondary N) is 1. The number of hydrogen-bond acceptors (Lipinski definition) is 3. The van der Waals surface area contributed by atoms with Gasteiger partial charge in [0.25, 0.3) is 0 Å². The van der Waals surface area contributed by atoms with Crippen LogP contribution in [0.2, 0.25) is 0 Å². The van der Waals surface area contributed by atoms with E-state index in [9.17, 15) is 13.2 Å². The Labute approximate surface area is 119 Å². The van der Waals surface area contributed by atoms with Crippen LogP contribution in [-0.2, 0) is 0 Å². The van der Waals surface area contributed by atoms with Crippen LogP contribution in [0.1, 0.15) is 57.8 Å². The summed E-state index contributed by atoms with van der Waals surface area (Å²) in [5.41, 5.74) is 2.84. The minimum atomic E-state index is -4.06. The molecule has 2 fully saturated rings. The number of alkyl halides is 3. The third-order valence-corrected chi connectivity index (χ3v) is 5.01. The van der Waals surface area contributed by atoms with E-state index in [-0.39, 0.29) is 18.0 Å². The Morgan fingerprint density at radius 1 is 1.10 bits per heavy atom. The highest BCUT2D eigenvalue weighted by Gasteiger charge is 2.46. The SMILES string of the molecule is NNC(CCCC(F)(F)F)C1(N2CCCC2)CCCC1. The van der Waals surface area contributed by atoms with E-state index in [1.165, 1.54) is 12.8 Å². The molecule has 1 aliphatic heterocycles. The van der Waals surface area contributed by atoms with Crippen molar-refractivity contribution in [2.45, 2.75) is 75.5 Å². The highest BCUT2D eigenvalue weighted by Crippen LogP contribution is 2.41. The van der Waals surface area contributed by atoms with E-state index in [4.69, 9.17) is 5.84 Å². The Morgan fingerprint density at radius 2 is 1.70 bits per heavy atom. The van der Waals surface area contributed by atoms with Crippen molar-refractivity contribution in [1.29, 1.82) is 0 Å². The van der Waals surface area contributed by atoms with E-state index < -0.39 is 12.6 Å². The average Bonchev–Trinajstić information content (AvgIpc) is 3.03. The van der Waals surface area contributed by atoms with Gasteiger partial charge in [0.15, 0.2) is 0 Å². The summed E-state index contributed by atoms with van der Waals surface area (Å²) >= 11 is 0. The molecule has 2 aliphatic rings. The minimum absolute atomic E-state index is 0.00313. The average molecular weight is 293 g/mol. The molecule has 0 aromatic heterocycles. The van der Waals surface area contributed by atoms with Gasteiger partial charge in [-0.3, -0.25) is 16.2 Å². The Kier molecular flexibility index (Phi) is 5.31. The molecule has 0 aromatic carbocycles. The van der Waals surface area contributed by atoms with E-state index in [2.05, 4.69) is 10.3 Å². The second-order valence-electron chi connectivity index (χ2n) is 6.23. The molecule has 2 rings (SSSR count). The first-order chi connectivity index (χ1) is 9.48. The number of nitrogens with two attached hydrogens (primary N) is 1. The quantitative estimate of drug-likeness (QED) is 0.584. The van der Waals surface area contributed by atoms with Crippen molar-refractivity contribution in [2.75, 3.05) is 13.1 Å². The first-order valence-electron chi connectivity index (χ1n) is 7.76. The van der Waals surface area contributed by atoms with Crippen LogP contribution < -0.4 is 11.3 Å². The molecular weight excluding hydrogens is 267 g/mol. The molecule has 1 saturated heterocycles. The van der Waals surface area contributed by atoms with Gasteiger partial charge in [-0.1, -0.05) is 12.8 Å². The number of halogens is 3. The summed E-state index contributed by atoms with van der Waals surface area (Å²) in [6.07, 6.45) is 2.74. The van der Waals surface area contributed by atoms with Crippen molar-refractivity contribution in [1.82, 2.24) is 10.3 Å². The molecule has 1 atom stereocenters. The molecule has 1 aliphatic carbocycles. The summed E-state index contributed by atoms with van der Waals surface area (Å²) in [5, 5.41) is 0. The van der Waals surface area contributed by atoms with Gasteiger partial charge in [-0.05, 0) is 51.6 Å². The molecule has 118 valence electrons. The Bertz CT molecular complexity index is 295. The van der Waals surface area contributed by atoms with Gasteiger partial charge in [0.2, 0.25) is 0 Å². The fourth-order valence-corrected chi connectivity index (χ4v) is 4.05. The van der Waals surface area contributed by atoms with Crippen molar-refractivity contribution in [2.24, 2.45) is 5.84 Å². The van der Waals surface area contributed by atoms with Crippen molar-refractivity contribution >= 4 is 0 Å². The Morgan fingerprint density at radius 3 is 2.20 bits per heavy atom. The highest BCUT2D eigenvalue weighted by atomic mass is 19.4. The summed E-state index contributed by atoms with van der Waals surface area (Å²) in [7, 11) is 0. The zero-order valence-electron chi connectivity index (χ0n) is 12.0. The molecule has 0 amide bonds. The molecule has 0 radical (unpaired) electrons. The van der Waals surface area contributed by atoms with E-state index in [0.29, 0.717) is 6.42 Å². The van der Waals surface area contributed by atoms with Gasteiger partial charge in [0, 0.05) is 18.0 Å². The lowest BCUT2D eigenvalue weighted by molar-refractivity contribution is -0.136. The third-order valence-electron chi connectivity index (χ3n) is 5.01. The van der Waals surface area contributed by atoms with Crippen molar-refractivity contribution in [3.63, 3.8) is 0 Å². The first kappa shape index (κ1) is 16.0. The van der Waals surface area contributed by atoms with Gasteiger partial charge in [-0.15, -0.1) is 0 Å². The molecule has 1 saturated carbocycles. The number of hydrogen-bond donors (Lipinski definition) is 2. The molecule has 0 bridgehead atoms. The molecule has 6 heteroatoms. The summed E-state index contributed by atoms with van der Waals surface area (Å²) in [4.78, 5) is 2.48. The van der Waals surface area contributed by atoms with Gasteiger partial charge in [-0.2, -0.15) is 13.2 Å². The number of nitrogens with zero attached hydrogens (tertiary/aromatic N) is 1. The Hall–Kier alpha value is -0.330. The molecule has 20 heavy (non-hydrogen) atoms. The lowest BCUT2D eigenvalue weighted by atomic mass is 9.83. The largest absolute Gasteiger partial charge is 0.389 e. The fraction of sp³-hybridized carbons (Fsp3) is 1.00. The van der Waals surface area contributed by atoms with Crippen LogP contribution in [0, 0.1) is 0 Å². The highest BCUT2D eigenvalue weighted by molar-refractivity contribution is 5.04. The predicted octanol–water partition coefficient (Wildman–Crippen LogP) is 2.96. The normalized spacial score (nSPS) is 25.2. The Balaban J connectivity index is 1.98. The van der Waals surface area contributed by atoms with Crippen LogP contribution in [0.5, 0.6) is 0 Å². The maximum atomic E-state index is 12.3. The first-order valence-corrected chi connectivity index (χ1v) is 7.76. The monoisotopic (exact) mass is 293 g/mol. The molecule has 3 N–H and O–H groups in total. The second kappa shape index (κ2) is 6.62. The van der Waals surface area contributed by atoms with Crippen molar-refractivity contribution < 1.29 is 13.2 Å². The molecule has 3 nitrogen and oxygen atoms in total. The van der Waals surface area contributed by atoms with Crippen molar-refractivity contribution in [3.8, 4) is 0 Å². The predicted molar refractivity (Wildman–Crippen MR) is 73.0 cm³/mol. The van der Waals surface area contributed by atoms with Crippen LogP contribution in [0.4, 0.5) is 13.2 Å². The van der Waals surface area contributed by atoms with E-state index >= 15 is 0 Å². The van der Waals surface area contributed by atoms with Crippen LogP contribution in [-0.4, -0.2) is 35.7 Å². The summed E-state index contributed by atoms with van der Waals surface area (Å²) in [6.45, 7) is 2.13.